The molecule has 1 amide bonds. The number of carbonyl (C=O) groups excluding carboxylic acids is 1. The number of hydrogen-bond acceptors (Lipinski definition) is 5. The first-order valence-corrected chi connectivity index (χ1v) is 8.95. The maximum atomic E-state index is 13.0. The zero-order valence-corrected chi connectivity index (χ0v) is 13.5. The molecule has 4 rings (SSSR count). The second kappa shape index (κ2) is 4.81. The zero-order chi connectivity index (χ0) is 14.6. The fourth-order valence-electron chi connectivity index (χ4n) is 3.24. The first-order valence-electron chi connectivity index (χ1n) is 7.25. The smallest absolute Gasteiger partial charge is 0.266 e. The number of aromatic nitrogens is 1. The van der Waals surface area contributed by atoms with Crippen molar-refractivity contribution in [3.05, 3.63) is 32.5 Å². The molecule has 0 spiro atoms. The molecule has 2 N–H and O–H groups in total. The molecule has 1 aliphatic heterocycles. The van der Waals surface area contributed by atoms with E-state index < -0.39 is 0 Å². The topological polar surface area (TPSA) is 59.2 Å². The van der Waals surface area contributed by atoms with Gasteiger partial charge in [-0.3, -0.25) is 4.79 Å². The molecule has 0 radical (unpaired) electrons. The Morgan fingerprint density at radius 2 is 2.29 bits per heavy atom. The molecule has 6 heteroatoms. The molecule has 21 heavy (non-hydrogen) atoms. The van der Waals surface area contributed by atoms with E-state index in [1.165, 1.54) is 34.6 Å². The minimum Gasteiger partial charge on any atom is -0.375 e. The Kier molecular flexibility index (Phi) is 3.04. The van der Waals surface area contributed by atoms with Gasteiger partial charge in [0.05, 0.1) is 11.7 Å². The molecule has 1 unspecified atom stereocenters. The van der Waals surface area contributed by atoms with Gasteiger partial charge in [0.1, 0.15) is 4.88 Å². The summed E-state index contributed by atoms with van der Waals surface area (Å²) in [6, 6.07) is 2.46. The number of rotatable bonds is 2. The van der Waals surface area contributed by atoms with Gasteiger partial charge < -0.3 is 10.6 Å². The van der Waals surface area contributed by atoms with Crippen molar-refractivity contribution in [3.8, 4) is 0 Å². The van der Waals surface area contributed by atoms with Crippen LogP contribution in [0.2, 0.25) is 0 Å². The predicted molar refractivity (Wildman–Crippen MR) is 85.8 cm³/mol. The zero-order valence-electron chi connectivity index (χ0n) is 11.8. The molecule has 1 fully saturated rings. The highest BCUT2D eigenvalue weighted by molar-refractivity contribution is 7.17. The SMILES string of the molecule is Cc1nc(N)sc1C(=O)N1CCc2sccc2C1C1CC1. The van der Waals surface area contributed by atoms with E-state index in [1.54, 1.807) is 0 Å². The third-order valence-corrected chi connectivity index (χ3v) is 6.32. The van der Waals surface area contributed by atoms with E-state index in [-0.39, 0.29) is 11.9 Å². The molecule has 1 saturated carbocycles. The Hall–Kier alpha value is -1.40. The third kappa shape index (κ3) is 2.17. The molecular formula is C15H17N3OS2. The van der Waals surface area contributed by atoms with Crippen LogP contribution in [-0.4, -0.2) is 22.3 Å². The number of carbonyl (C=O) groups is 1. The molecule has 3 heterocycles. The van der Waals surface area contributed by atoms with Crippen LogP contribution >= 0.6 is 22.7 Å². The molecule has 110 valence electrons. The van der Waals surface area contributed by atoms with Crippen molar-refractivity contribution in [2.45, 2.75) is 32.2 Å². The Labute approximate surface area is 131 Å². The standard InChI is InChI=1S/C15H17N3OS2/c1-8-13(21-15(16)17-8)14(19)18-6-4-11-10(5-7-20-11)12(18)9-2-3-9/h5,7,9,12H,2-4,6H2,1H3,(H2,16,17). The van der Waals surface area contributed by atoms with Crippen molar-refractivity contribution < 1.29 is 4.79 Å². The highest BCUT2D eigenvalue weighted by Gasteiger charge is 2.42. The number of nitrogens with zero attached hydrogens (tertiary/aromatic N) is 2. The van der Waals surface area contributed by atoms with Gasteiger partial charge in [-0.15, -0.1) is 11.3 Å². The van der Waals surface area contributed by atoms with Crippen LogP contribution in [0, 0.1) is 12.8 Å². The van der Waals surface area contributed by atoms with E-state index in [0.29, 0.717) is 15.9 Å². The molecule has 2 aromatic heterocycles. The van der Waals surface area contributed by atoms with Gasteiger partial charge in [0.2, 0.25) is 0 Å². The van der Waals surface area contributed by atoms with Crippen LogP contribution < -0.4 is 5.73 Å². The Bertz CT molecular complexity index is 702. The lowest BCUT2D eigenvalue weighted by Gasteiger charge is -2.36. The predicted octanol–water partition coefficient (Wildman–Crippen LogP) is 3.24. The van der Waals surface area contributed by atoms with Crippen LogP contribution in [-0.2, 0) is 6.42 Å². The largest absolute Gasteiger partial charge is 0.375 e. The van der Waals surface area contributed by atoms with Crippen LogP contribution in [0.4, 0.5) is 5.13 Å². The van der Waals surface area contributed by atoms with E-state index in [4.69, 9.17) is 5.73 Å². The van der Waals surface area contributed by atoms with Crippen LogP contribution in [0.5, 0.6) is 0 Å². The molecule has 1 atom stereocenters. The van der Waals surface area contributed by atoms with Crippen molar-refractivity contribution in [2.24, 2.45) is 5.92 Å². The molecule has 0 bridgehead atoms. The molecule has 1 aliphatic carbocycles. The van der Waals surface area contributed by atoms with Crippen molar-refractivity contribution in [1.82, 2.24) is 9.88 Å². The summed E-state index contributed by atoms with van der Waals surface area (Å²) in [7, 11) is 0. The monoisotopic (exact) mass is 319 g/mol. The lowest BCUT2D eigenvalue weighted by Crippen LogP contribution is -2.40. The first kappa shape index (κ1) is 13.3. The van der Waals surface area contributed by atoms with Crippen molar-refractivity contribution in [1.29, 1.82) is 0 Å². The highest BCUT2D eigenvalue weighted by Crippen LogP contribution is 2.49. The fourth-order valence-corrected chi connectivity index (χ4v) is 4.94. The maximum absolute atomic E-state index is 13.0. The van der Waals surface area contributed by atoms with E-state index in [0.717, 1.165) is 18.7 Å². The Morgan fingerprint density at radius 3 is 2.95 bits per heavy atom. The summed E-state index contributed by atoms with van der Waals surface area (Å²) >= 11 is 3.14. The van der Waals surface area contributed by atoms with Gasteiger partial charge in [-0.1, -0.05) is 11.3 Å². The van der Waals surface area contributed by atoms with Gasteiger partial charge in [-0.25, -0.2) is 4.98 Å². The molecule has 0 aromatic carbocycles. The number of anilines is 1. The van der Waals surface area contributed by atoms with Crippen LogP contribution in [0.3, 0.4) is 0 Å². The summed E-state index contributed by atoms with van der Waals surface area (Å²) in [5, 5.41) is 2.64. The second-order valence-electron chi connectivity index (χ2n) is 5.80. The summed E-state index contributed by atoms with van der Waals surface area (Å²) < 4.78 is 0. The number of aryl methyl sites for hydroxylation is 1. The minimum atomic E-state index is 0.107. The van der Waals surface area contributed by atoms with Crippen molar-refractivity contribution >= 4 is 33.7 Å². The van der Waals surface area contributed by atoms with E-state index in [9.17, 15) is 4.79 Å². The summed E-state index contributed by atoms with van der Waals surface area (Å²) in [5.41, 5.74) is 7.88. The molecule has 2 aromatic rings. The number of thiazole rings is 1. The van der Waals surface area contributed by atoms with E-state index in [1.807, 2.05) is 18.3 Å². The summed E-state index contributed by atoms with van der Waals surface area (Å²) in [5.74, 6) is 0.739. The minimum absolute atomic E-state index is 0.107. The van der Waals surface area contributed by atoms with Crippen molar-refractivity contribution in [3.63, 3.8) is 0 Å². The number of nitrogens with two attached hydrogens (primary N) is 1. The average Bonchev–Trinajstić information content (AvgIpc) is 3.08. The van der Waals surface area contributed by atoms with Gasteiger partial charge in [0.15, 0.2) is 5.13 Å². The first-order chi connectivity index (χ1) is 10.1. The highest BCUT2D eigenvalue weighted by atomic mass is 32.1. The van der Waals surface area contributed by atoms with Crippen LogP contribution in [0.25, 0.3) is 0 Å². The summed E-state index contributed by atoms with van der Waals surface area (Å²) in [6.07, 6.45) is 3.43. The quantitative estimate of drug-likeness (QED) is 0.924. The van der Waals surface area contributed by atoms with Gasteiger partial charge >= 0.3 is 0 Å². The van der Waals surface area contributed by atoms with Crippen molar-refractivity contribution in [2.75, 3.05) is 12.3 Å². The van der Waals surface area contributed by atoms with Gasteiger partial charge in [-0.05, 0) is 49.1 Å². The number of nitrogen functional groups attached to an aromatic ring is 1. The van der Waals surface area contributed by atoms with E-state index in [2.05, 4.69) is 21.3 Å². The van der Waals surface area contributed by atoms with Crippen LogP contribution in [0.15, 0.2) is 11.4 Å². The average molecular weight is 319 g/mol. The number of amides is 1. The number of fused-ring (bicyclic) bond motifs is 1. The Balaban J connectivity index is 1.71. The van der Waals surface area contributed by atoms with Crippen LogP contribution in [0.1, 0.15) is 44.7 Å². The second-order valence-corrected chi connectivity index (χ2v) is 7.83. The molecule has 0 saturated heterocycles. The third-order valence-electron chi connectivity index (χ3n) is 4.35. The number of hydrogen-bond donors (Lipinski definition) is 1. The lowest BCUT2D eigenvalue weighted by molar-refractivity contribution is 0.0641. The van der Waals surface area contributed by atoms with Gasteiger partial charge in [-0.2, -0.15) is 0 Å². The van der Waals surface area contributed by atoms with Gasteiger partial charge in [0.25, 0.3) is 5.91 Å². The summed E-state index contributed by atoms with van der Waals surface area (Å²) in [6.45, 7) is 2.68. The normalized spacial score (nSPS) is 21.4. The van der Waals surface area contributed by atoms with E-state index >= 15 is 0 Å². The molecule has 2 aliphatic rings. The maximum Gasteiger partial charge on any atom is 0.266 e. The fraction of sp³-hybridized carbons (Fsp3) is 0.467. The lowest BCUT2D eigenvalue weighted by atomic mass is 9.95. The van der Waals surface area contributed by atoms with Gasteiger partial charge in [0, 0.05) is 11.4 Å². The number of thiophene rings is 1. The Morgan fingerprint density at radius 1 is 1.48 bits per heavy atom. The molecular weight excluding hydrogens is 302 g/mol. The molecule has 4 nitrogen and oxygen atoms in total. The summed E-state index contributed by atoms with van der Waals surface area (Å²) in [4.78, 5) is 21.4.